The molecule has 25 heavy (non-hydrogen) atoms. The first-order valence-electron chi connectivity index (χ1n) is 8.02. The van der Waals surface area contributed by atoms with Gasteiger partial charge in [0.15, 0.2) is 0 Å². The third kappa shape index (κ3) is 3.28. The predicted octanol–water partition coefficient (Wildman–Crippen LogP) is 2.49. The normalized spacial score (nSPS) is 12.8. The Kier molecular flexibility index (Phi) is 4.24. The van der Waals surface area contributed by atoms with Crippen molar-refractivity contribution in [3.63, 3.8) is 0 Å². The first-order valence-corrected chi connectivity index (χ1v) is 10.0. The molecule has 2 aromatic carbocycles. The molecular weight excluding hydrogens is 373 g/mol. The van der Waals surface area contributed by atoms with Gasteiger partial charge in [0.05, 0.1) is 0 Å². The van der Waals surface area contributed by atoms with E-state index in [1.165, 1.54) is 5.56 Å². The Morgan fingerprint density at radius 3 is 2.72 bits per heavy atom. The minimum atomic E-state index is -0.168. The first kappa shape index (κ1) is 15.9. The van der Waals surface area contributed by atoms with Gasteiger partial charge in [0, 0.05) is 0 Å². The molecule has 6 heteroatoms. The standard InChI is InChI=1S/C19H17AsN5/c1-13(14-5-3-2-4-6-14)20-19-22-10-9-18(24-19)25-12-23-16-11-15(21)7-8-17(16)25/h2-13H,21H2,1H3/t13-/m0/s1. The van der Waals surface area contributed by atoms with Crippen molar-refractivity contribution in [2.75, 3.05) is 5.73 Å². The Hall–Kier alpha value is -2.65. The molecule has 4 rings (SSSR count). The third-order valence-electron chi connectivity index (χ3n) is 4.04. The van der Waals surface area contributed by atoms with Gasteiger partial charge >= 0.3 is 152 Å². The number of nitrogens with zero attached hydrogens (tertiary/aromatic N) is 4. The Morgan fingerprint density at radius 1 is 1.04 bits per heavy atom. The second-order valence-electron chi connectivity index (χ2n) is 5.79. The number of nitrogens with two attached hydrogens (primary N) is 1. The number of hydrogen-bond donors (Lipinski definition) is 1. The monoisotopic (exact) mass is 390 g/mol. The first-order chi connectivity index (χ1) is 12.2. The average Bonchev–Trinajstić information content (AvgIpc) is 3.05. The number of nitrogen functional groups attached to an aromatic ring is 1. The van der Waals surface area contributed by atoms with E-state index in [0.29, 0.717) is 10.4 Å². The van der Waals surface area contributed by atoms with E-state index in [-0.39, 0.29) is 15.8 Å². The third-order valence-corrected chi connectivity index (χ3v) is 6.41. The average molecular weight is 390 g/mol. The van der Waals surface area contributed by atoms with E-state index in [9.17, 15) is 0 Å². The second kappa shape index (κ2) is 6.69. The molecule has 0 saturated carbocycles. The topological polar surface area (TPSA) is 69.6 Å². The molecule has 0 unspecified atom stereocenters. The molecule has 123 valence electrons. The van der Waals surface area contributed by atoms with Crippen LogP contribution >= 0.6 is 0 Å². The van der Waals surface area contributed by atoms with Crippen LogP contribution in [0.3, 0.4) is 0 Å². The Labute approximate surface area is 152 Å². The van der Waals surface area contributed by atoms with Crippen LogP contribution in [0.2, 0.25) is 0 Å². The second-order valence-corrected chi connectivity index (χ2v) is 8.80. The van der Waals surface area contributed by atoms with Crippen molar-refractivity contribution in [1.29, 1.82) is 0 Å². The van der Waals surface area contributed by atoms with Crippen molar-refractivity contribution in [3.8, 4) is 5.82 Å². The van der Waals surface area contributed by atoms with E-state index in [0.717, 1.165) is 21.5 Å². The molecule has 0 fully saturated rings. The number of fused-ring (bicyclic) bond motifs is 1. The summed E-state index contributed by atoms with van der Waals surface area (Å²) in [6, 6.07) is 18.2. The van der Waals surface area contributed by atoms with E-state index in [1.54, 1.807) is 6.33 Å². The van der Waals surface area contributed by atoms with Gasteiger partial charge in [-0.3, -0.25) is 0 Å². The number of hydrogen-bond acceptors (Lipinski definition) is 4. The van der Waals surface area contributed by atoms with Gasteiger partial charge in [-0.1, -0.05) is 0 Å². The summed E-state index contributed by atoms with van der Waals surface area (Å²) >= 11 is -0.168. The summed E-state index contributed by atoms with van der Waals surface area (Å²) in [6.07, 6.45) is 3.61. The Morgan fingerprint density at radius 2 is 1.88 bits per heavy atom. The number of rotatable bonds is 4. The van der Waals surface area contributed by atoms with E-state index in [1.807, 2.05) is 41.1 Å². The van der Waals surface area contributed by atoms with E-state index in [4.69, 9.17) is 10.7 Å². The molecule has 4 aromatic rings. The zero-order valence-corrected chi connectivity index (χ0v) is 15.6. The van der Waals surface area contributed by atoms with E-state index >= 15 is 0 Å². The van der Waals surface area contributed by atoms with Gasteiger partial charge in [-0.05, 0) is 0 Å². The maximum absolute atomic E-state index is 5.83. The van der Waals surface area contributed by atoms with Gasteiger partial charge in [-0.25, -0.2) is 0 Å². The van der Waals surface area contributed by atoms with Gasteiger partial charge in [0.2, 0.25) is 0 Å². The van der Waals surface area contributed by atoms with Gasteiger partial charge < -0.3 is 0 Å². The van der Waals surface area contributed by atoms with Crippen LogP contribution in [0.15, 0.2) is 67.1 Å². The van der Waals surface area contributed by atoms with Crippen molar-refractivity contribution in [1.82, 2.24) is 19.5 Å². The fourth-order valence-corrected chi connectivity index (χ4v) is 4.74. The molecule has 0 amide bonds. The minimum absolute atomic E-state index is 0.168. The molecule has 0 bridgehead atoms. The zero-order chi connectivity index (χ0) is 17.2. The van der Waals surface area contributed by atoms with Gasteiger partial charge in [-0.15, -0.1) is 0 Å². The summed E-state index contributed by atoms with van der Waals surface area (Å²) in [5.74, 6) is 0.841. The SMILES string of the molecule is C[C@H]([As]c1nccc(-n2cnc3cc(N)ccc32)n1)c1ccccc1. The van der Waals surface area contributed by atoms with E-state index < -0.39 is 0 Å². The quantitative estimate of drug-likeness (QED) is 0.429. The molecule has 0 saturated heterocycles. The zero-order valence-electron chi connectivity index (χ0n) is 13.7. The van der Waals surface area contributed by atoms with Gasteiger partial charge in [0.25, 0.3) is 0 Å². The van der Waals surface area contributed by atoms with Crippen molar-refractivity contribution in [2.45, 2.75) is 11.6 Å². The summed E-state index contributed by atoms with van der Waals surface area (Å²) in [6.45, 7) is 2.24. The van der Waals surface area contributed by atoms with Crippen LogP contribution < -0.4 is 10.3 Å². The fraction of sp³-hybridized carbons (Fsp3) is 0.105. The maximum atomic E-state index is 5.83. The van der Waals surface area contributed by atoms with Crippen LogP contribution in [0.1, 0.15) is 17.2 Å². The molecule has 2 aromatic heterocycles. The molecule has 1 atom stereocenters. The summed E-state index contributed by atoms with van der Waals surface area (Å²) in [4.78, 5) is 13.7. The number of benzene rings is 2. The molecule has 0 spiro atoms. The fourth-order valence-electron chi connectivity index (χ4n) is 2.73. The molecule has 1 radical (unpaired) electrons. The van der Waals surface area contributed by atoms with Crippen LogP contribution in [-0.4, -0.2) is 35.3 Å². The Balaban J connectivity index is 1.65. The number of aromatic nitrogens is 4. The molecule has 2 N–H and O–H groups in total. The van der Waals surface area contributed by atoms with Crippen molar-refractivity contribution in [2.24, 2.45) is 0 Å². The molecular formula is C19H17AsN5. The summed E-state index contributed by atoms with van der Waals surface area (Å²) in [7, 11) is 0. The predicted molar refractivity (Wildman–Crippen MR) is 101 cm³/mol. The van der Waals surface area contributed by atoms with Crippen molar-refractivity contribution < 1.29 is 0 Å². The number of imidazole rings is 1. The molecule has 0 aliphatic heterocycles. The Bertz CT molecular complexity index is 1010. The summed E-state index contributed by atoms with van der Waals surface area (Å²) in [5.41, 5.74) is 9.74. The molecule has 0 aliphatic rings. The summed E-state index contributed by atoms with van der Waals surface area (Å²) < 4.78 is 3.35. The molecule has 5 nitrogen and oxygen atoms in total. The van der Waals surface area contributed by atoms with E-state index in [2.05, 4.69) is 41.2 Å². The number of anilines is 1. The summed E-state index contributed by atoms with van der Waals surface area (Å²) in [5, 5.41) is 0. The van der Waals surface area contributed by atoms with Gasteiger partial charge in [-0.2, -0.15) is 0 Å². The van der Waals surface area contributed by atoms with Crippen LogP contribution in [0, 0.1) is 0 Å². The van der Waals surface area contributed by atoms with Crippen LogP contribution in [0.4, 0.5) is 5.69 Å². The van der Waals surface area contributed by atoms with Crippen LogP contribution in [-0.2, 0) is 0 Å². The van der Waals surface area contributed by atoms with Crippen molar-refractivity contribution >= 4 is 37.1 Å². The van der Waals surface area contributed by atoms with Crippen molar-refractivity contribution in [3.05, 3.63) is 72.7 Å². The molecule has 2 heterocycles. The van der Waals surface area contributed by atoms with Crippen LogP contribution in [0.25, 0.3) is 16.9 Å². The van der Waals surface area contributed by atoms with Gasteiger partial charge in [0.1, 0.15) is 0 Å². The van der Waals surface area contributed by atoms with Crippen LogP contribution in [0.5, 0.6) is 0 Å². The molecule has 0 aliphatic carbocycles.